The molecule has 1 aliphatic rings. The highest BCUT2D eigenvalue weighted by molar-refractivity contribution is 7.92. The smallest absolute Gasteiger partial charge is 0.297 e. The van der Waals surface area contributed by atoms with Gasteiger partial charge in [0, 0.05) is 25.4 Å². The van der Waals surface area contributed by atoms with E-state index in [2.05, 4.69) is 4.98 Å². The second-order valence-corrected chi connectivity index (χ2v) is 13.0. The number of hydrogen-bond donors (Lipinski definition) is 0. The number of carbonyl (C=O) groups is 1. The molecule has 1 aromatic heterocycles. The van der Waals surface area contributed by atoms with Crippen molar-refractivity contribution in [2.75, 3.05) is 17.7 Å². The van der Waals surface area contributed by atoms with Crippen LogP contribution >= 0.6 is 0 Å². The molecule has 3 rings (SSSR count). The van der Waals surface area contributed by atoms with Gasteiger partial charge in [-0.25, -0.2) is 21.8 Å². The first-order valence-corrected chi connectivity index (χ1v) is 13.3. The minimum absolute atomic E-state index is 0.00176. The molecule has 2 aromatic rings. The molecular weight excluding hydrogens is 481 g/mol. The van der Waals surface area contributed by atoms with E-state index < -0.39 is 52.9 Å². The first kappa shape index (κ1) is 25.2. The highest BCUT2D eigenvalue weighted by atomic mass is 32.2. The first-order chi connectivity index (χ1) is 15.0. The number of pyridine rings is 1. The average molecular weight is 505 g/mol. The molecule has 0 bridgehead atoms. The van der Waals surface area contributed by atoms with Gasteiger partial charge in [-0.05, 0) is 56.5 Å². The van der Waals surface area contributed by atoms with Crippen molar-refractivity contribution in [1.29, 1.82) is 0 Å². The number of benzene rings is 1. The Labute approximate surface area is 190 Å². The summed E-state index contributed by atoms with van der Waals surface area (Å²) in [7, 11) is -7.65. The Morgan fingerprint density at radius 2 is 1.70 bits per heavy atom. The van der Waals surface area contributed by atoms with E-state index >= 15 is 0 Å². The van der Waals surface area contributed by atoms with Crippen LogP contribution in [0.25, 0.3) is 0 Å². The summed E-state index contributed by atoms with van der Waals surface area (Å²) >= 11 is 0. The first-order valence-electron chi connectivity index (χ1n) is 9.93. The van der Waals surface area contributed by atoms with Crippen molar-refractivity contribution in [2.45, 2.75) is 47.4 Å². The van der Waals surface area contributed by atoms with Gasteiger partial charge in [0.15, 0.2) is 19.7 Å². The number of carbonyl (C=O) groups excluding carboxylic acids is 1. The van der Waals surface area contributed by atoms with Gasteiger partial charge in [-0.3, -0.25) is 9.69 Å². The average Bonchev–Trinajstić information content (AvgIpc) is 2.72. The summed E-state index contributed by atoms with van der Waals surface area (Å²) in [4.78, 5) is 17.7. The standard InChI is InChI=1S/C21H23F3N2O5S2/c1-20(2,33(30,31)16-6-4-5-15(11-16)21(22,23)24)14-9-10-26(19(27)12-14)18-8-7-17(13-25-18)32(3,28)29/h4-8,11,13-14H,9-10,12H2,1-3H3/t14-/m0/s1. The lowest BCUT2D eigenvalue weighted by molar-refractivity contribution is -0.137. The lowest BCUT2D eigenvalue weighted by atomic mass is 9.85. The zero-order valence-corrected chi connectivity index (χ0v) is 19.8. The number of nitrogens with zero attached hydrogens (tertiary/aromatic N) is 2. The summed E-state index contributed by atoms with van der Waals surface area (Å²) < 4.78 is 87.4. The number of halogens is 3. The highest BCUT2D eigenvalue weighted by Gasteiger charge is 2.46. The summed E-state index contributed by atoms with van der Waals surface area (Å²) in [5.41, 5.74) is -1.06. The highest BCUT2D eigenvalue weighted by Crippen LogP contribution is 2.40. The van der Waals surface area contributed by atoms with Gasteiger partial charge in [0.25, 0.3) is 0 Å². The molecule has 1 atom stereocenters. The van der Waals surface area contributed by atoms with E-state index in [1.54, 1.807) is 0 Å². The monoisotopic (exact) mass is 504 g/mol. The Bertz CT molecular complexity index is 1270. The lowest BCUT2D eigenvalue weighted by Crippen LogP contribution is -2.48. The quantitative estimate of drug-likeness (QED) is 0.618. The molecule has 1 fully saturated rings. The van der Waals surface area contributed by atoms with Crippen LogP contribution in [0.3, 0.4) is 0 Å². The maximum atomic E-state index is 13.3. The molecule has 1 aromatic carbocycles. The number of anilines is 1. The van der Waals surface area contributed by atoms with Gasteiger partial charge in [-0.1, -0.05) is 6.07 Å². The molecule has 0 spiro atoms. The summed E-state index contributed by atoms with van der Waals surface area (Å²) in [6.45, 7) is 2.96. The van der Waals surface area contributed by atoms with Gasteiger partial charge in [0.1, 0.15) is 5.82 Å². The molecule has 1 saturated heterocycles. The van der Waals surface area contributed by atoms with Crippen LogP contribution in [0.1, 0.15) is 32.3 Å². The van der Waals surface area contributed by atoms with Crippen molar-refractivity contribution in [3.63, 3.8) is 0 Å². The van der Waals surface area contributed by atoms with Crippen LogP contribution in [-0.2, 0) is 30.6 Å². The molecule has 1 aliphatic heterocycles. The molecule has 0 unspecified atom stereocenters. The number of rotatable bonds is 5. The normalized spacial score (nSPS) is 18.4. The summed E-state index contributed by atoms with van der Waals surface area (Å²) in [6.07, 6.45) is -2.39. The van der Waals surface area contributed by atoms with Crippen LogP contribution in [0.5, 0.6) is 0 Å². The fourth-order valence-corrected chi connectivity index (χ4v) is 6.13. The Morgan fingerprint density at radius 3 is 2.21 bits per heavy atom. The maximum Gasteiger partial charge on any atom is 0.416 e. The van der Waals surface area contributed by atoms with Crippen molar-refractivity contribution < 1.29 is 34.8 Å². The van der Waals surface area contributed by atoms with Crippen molar-refractivity contribution in [3.05, 3.63) is 48.2 Å². The Balaban J connectivity index is 1.83. The van der Waals surface area contributed by atoms with E-state index in [0.717, 1.165) is 30.7 Å². The molecule has 180 valence electrons. The zero-order chi connectivity index (χ0) is 24.8. The Kier molecular flexibility index (Phi) is 6.40. The zero-order valence-electron chi connectivity index (χ0n) is 18.1. The van der Waals surface area contributed by atoms with E-state index in [9.17, 15) is 34.8 Å². The van der Waals surface area contributed by atoms with Crippen LogP contribution in [-0.4, -0.2) is 45.3 Å². The predicted octanol–water partition coefficient (Wildman–Crippen LogP) is 3.50. The van der Waals surface area contributed by atoms with Crippen LogP contribution in [0, 0.1) is 5.92 Å². The topological polar surface area (TPSA) is 101 Å². The number of amides is 1. The number of hydrogen-bond acceptors (Lipinski definition) is 6. The van der Waals surface area contributed by atoms with Crippen molar-refractivity contribution in [2.24, 2.45) is 5.92 Å². The molecule has 2 heterocycles. The largest absolute Gasteiger partial charge is 0.416 e. The van der Waals surface area contributed by atoms with Gasteiger partial charge in [0.05, 0.1) is 20.1 Å². The van der Waals surface area contributed by atoms with Crippen molar-refractivity contribution in [3.8, 4) is 0 Å². The van der Waals surface area contributed by atoms with Crippen LogP contribution in [0.4, 0.5) is 19.0 Å². The third-order valence-electron chi connectivity index (χ3n) is 6.00. The van der Waals surface area contributed by atoms with Crippen molar-refractivity contribution >= 4 is 31.4 Å². The van der Waals surface area contributed by atoms with E-state index in [4.69, 9.17) is 0 Å². The van der Waals surface area contributed by atoms with E-state index in [1.807, 2.05) is 0 Å². The van der Waals surface area contributed by atoms with Crippen LogP contribution in [0.15, 0.2) is 52.4 Å². The third kappa shape index (κ3) is 4.91. The van der Waals surface area contributed by atoms with Gasteiger partial charge in [-0.15, -0.1) is 0 Å². The SMILES string of the molecule is CC(C)([C@H]1CCN(c2ccc(S(C)(=O)=O)cn2)C(=O)C1)S(=O)(=O)c1cccc(C(F)(F)F)c1. The van der Waals surface area contributed by atoms with E-state index in [-0.39, 0.29) is 30.1 Å². The van der Waals surface area contributed by atoms with Gasteiger partial charge < -0.3 is 0 Å². The van der Waals surface area contributed by atoms with E-state index in [1.165, 1.54) is 30.9 Å². The molecule has 0 N–H and O–H groups in total. The Morgan fingerprint density at radius 1 is 1.03 bits per heavy atom. The Hall–Kier alpha value is -2.47. The molecule has 0 saturated carbocycles. The third-order valence-corrected chi connectivity index (χ3v) is 9.69. The number of alkyl halides is 3. The predicted molar refractivity (Wildman–Crippen MR) is 115 cm³/mol. The number of aromatic nitrogens is 1. The lowest BCUT2D eigenvalue weighted by Gasteiger charge is -2.39. The molecule has 33 heavy (non-hydrogen) atoms. The fraction of sp³-hybridized carbons (Fsp3) is 0.429. The number of sulfone groups is 2. The second-order valence-electron chi connectivity index (χ2n) is 8.49. The second kappa shape index (κ2) is 8.39. The van der Waals surface area contributed by atoms with Gasteiger partial charge in [-0.2, -0.15) is 13.2 Å². The van der Waals surface area contributed by atoms with Gasteiger partial charge in [0.2, 0.25) is 5.91 Å². The summed E-state index contributed by atoms with van der Waals surface area (Å²) in [5.74, 6) is -0.807. The summed E-state index contributed by atoms with van der Waals surface area (Å²) in [5, 5.41) is 0. The molecule has 7 nitrogen and oxygen atoms in total. The molecular formula is C21H23F3N2O5S2. The minimum atomic E-state index is -4.68. The van der Waals surface area contributed by atoms with Crippen molar-refractivity contribution in [1.82, 2.24) is 4.98 Å². The van der Waals surface area contributed by atoms with Gasteiger partial charge >= 0.3 is 6.18 Å². The van der Waals surface area contributed by atoms with E-state index in [0.29, 0.717) is 6.07 Å². The molecule has 0 aliphatic carbocycles. The molecule has 12 heteroatoms. The molecule has 0 radical (unpaired) electrons. The number of piperidine rings is 1. The fourth-order valence-electron chi connectivity index (χ4n) is 3.78. The van der Waals surface area contributed by atoms with Crippen LogP contribution < -0.4 is 4.90 Å². The minimum Gasteiger partial charge on any atom is -0.297 e. The molecule has 1 amide bonds. The van der Waals surface area contributed by atoms with Crippen LogP contribution in [0.2, 0.25) is 0 Å². The summed E-state index contributed by atoms with van der Waals surface area (Å²) in [6, 6.07) is 6.32. The maximum absolute atomic E-state index is 13.3.